The van der Waals surface area contributed by atoms with Crippen molar-refractivity contribution < 1.29 is 4.74 Å². The molecule has 108 valence electrons. The van der Waals surface area contributed by atoms with Crippen molar-refractivity contribution in [2.75, 3.05) is 20.2 Å². The number of likely N-dealkylation sites (tertiary alicyclic amines) is 1. The SMILES string of the molecule is CCn1nc(C)c(Br)c1CN1CCC(C)C(OC)C1. The Hall–Kier alpha value is -0.390. The van der Waals surface area contributed by atoms with E-state index in [0.29, 0.717) is 12.0 Å². The summed E-state index contributed by atoms with van der Waals surface area (Å²) < 4.78 is 8.84. The van der Waals surface area contributed by atoms with Gasteiger partial charge in [-0.15, -0.1) is 0 Å². The molecule has 2 atom stereocenters. The summed E-state index contributed by atoms with van der Waals surface area (Å²) in [4.78, 5) is 2.47. The van der Waals surface area contributed by atoms with Crippen LogP contribution in [0.3, 0.4) is 0 Å². The summed E-state index contributed by atoms with van der Waals surface area (Å²) in [5.74, 6) is 0.655. The van der Waals surface area contributed by atoms with E-state index in [1.54, 1.807) is 0 Å². The van der Waals surface area contributed by atoms with Crippen LogP contribution < -0.4 is 0 Å². The predicted molar refractivity (Wildman–Crippen MR) is 80.2 cm³/mol. The number of nitrogens with zero attached hydrogens (tertiary/aromatic N) is 3. The molecular weight excluding hydrogens is 306 g/mol. The maximum absolute atomic E-state index is 5.59. The Morgan fingerprint density at radius 1 is 1.47 bits per heavy atom. The highest BCUT2D eigenvalue weighted by molar-refractivity contribution is 9.10. The van der Waals surface area contributed by atoms with Gasteiger partial charge >= 0.3 is 0 Å². The van der Waals surface area contributed by atoms with E-state index in [0.717, 1.165) is 36.3 Å². The van der Waals surface area contributed by atoms with Crippen LogP contribution in [0.4, 0.5) is 0 Å². The van der Waals surface area contributed by atoms with E-state index in [-0.39, 0.29) is 0 Å². The maximum atomic E-state index is 5.59. The van der Waals surface area contributed by atoms with E-state index in [1.165, 1.54) is 12.1 Å². The Kier molecular flexibility index (Phi) is 5.03. The Morgan fingerprint density at radius 2 is 2.21 bits per heavy atom. The average molecular weight is 330 g/mol. The first-order valence-electron chi connectivity index (χ1n) is 7.03. The fourth-order valence-electron chi connectivity index (χ4n) is 2.78. The highest BCUT2D eigenvalue weighted by atomic mass is 79.9. The van der Waals surface area contributed by atoms with E-state index in [1.807, 2.05) is 7.11 Å². The molecule has 19 heavy (non-hydrogen) atoms. The molecule has 5 heteroatoms. The van der Waals surface area contributed by atoms with Crippen LogP contribution in [-0.4, -0.2) is 41.0 Å². The minimum Gasteiger partial charge on any atom is -0.380 e. The number of aromatic nitrogens is 2. The molecule has 0 spiro atoms. The third kappa shape index (κ3) is 3.20. The van der Waals surface area contributed by atoms with Gasteiger partial charge in [0.2, 0.25) is 0 Å². The molecule has 0 radical (unpaired) electrons. The van der Waals surface area contributed by atoms with Crippen LogP contribution in [0.2, 0.25) is 0 Å². The summed E-state index contributed by atoms with van der Waals surface area (Å²) in [6, 6.07) is 0. The van der Waals surface area contributed by atoms with Gasteiger partial charge in [0.15, 0.2) is 0 Å². The largest absolute Gasteiger partial charge is 0.380 e. The Labute approximate surface area is 124 Å². The summed E-state index contributed by atoms with van der Waals surface area (Å²) in [5.41, 5.74) is 2.36. The van der Waals surface area contributed by atoms with E-state index in [4.69, 9.17) is 4.74 Å². The maximum Gasteiger partial charge on any atom is 0.0739 e. The number of rotatable bonds is 4. The number of hydrogen-bond acceptors (Lipinski definition) is 3. The number of halogens is 1. The molecule has 2 rings (SSSR count). The van der Waals surface area contributed by atoms with Crippen LogP contribution in [0.15, 0.2) is 4.47 Å². The smallest absolute Gasteiger partial charge is 0.0739 e. The molecule has 1 aliphatic rings. The molecule has 0 bridgehead atoms. The molecule has 1 aromatic heterocycles. The van der Waals surface area contributed by atoms with E-state index in [9.17, 15) is 0 Å². The van der Waals surface area contributed by atoms with Gasteiger partial charge in [0.1, 0.15) is 0 Å². The van der Waals surface area contributed by atoms with Crippen molar-refractivity contribution >= 4 is 15.9 Å². The zero-order valence-corrected chi connectivity index (χ0v) is 13.9. The molecule has 1 saturated heterocycles. The number of piperidine rings is 1. The number of aryl methyl sites for hydroxylation is 2. The van der Waals surface area contributed by atoms with Crippen molar-refractivity contribution in [2.45, 2.75) is 46.4 Å². The van der Waals surface area contributed by atoms with Crippen LogP contribution in [0.5, 0.6) is 0 Å². The molecule has 0 amide bonds. The molecular formula is C14H24BrN3O. The summed E-state index contributed by atoms with van der Waals surface area (Å²) >= 11 is 3.67. The summed E-state index contributed by atoms with van der Waals surface area (Å²) in [7, 11) is 1.82. The molecule has 1 aliphatic heterocycles. The van der Waals surface area contributed by atoms with Gasteiger partial charge in [0, 0.05) is 26.7 Å². The van der Waals surface area contributed by atoms with Crippen molar-refractivity contribution in [3.8, 4) is 0 Å². The second kappa shape index (κ2) is 6.37. The third-order valence-electron chi connectivity index (χ3n) is 4.10. The highest BCUT2D eigenvalue weighted by Crippen LogP contribution is 2.25. The van der Waals surface area contributed by atoms with Crippen molar-refractivity contribution in [1.29, 1.82) is 0 Å². The molecule has 1 fully saturated rings. The van der Waals surface area contributed by atoms with E-state index < -0.39 is 0 Å². The van der Waals surface area contributed by atoms with Crippen molar-refractivity contribution in [3.63, 3.8) is 0 Å². The number of hydrogen-bond donors (Lipinski definition) is 0. The quantitative estimate of drug-likeness (QED) is 0.850. The Morgan fingerprint density at radius 3 is 2.84 bits per heavy atom. The fourth-order valence-corrected chi connectivity index (χ4v) is 3.19. The lowest BCUT2D eigenvalue weighted by atomic mass is 9.96. The fraction of sp³-hybridized carbons (Fsp3) is 0.786. The molecule has 0 saturated carbocycles. The van der Waals surface area contributed by atoms with Gasteiger partial charge in [-0.3, -0.25) is 9.58 Å². The van der Waals surface area contributed by atoms with E-state index >= 15 is 0 Å². The van der Waals surface area contributed by atoms with Gasteiger partial charge < -0.3 is 4.74 Å². The number of ether oxygens (including phenoxy) is 1. The molecule has 4 nitrogen and oxygen atoms in total. The summed E-state index contributed by atoms with van der Waals surface area (Å²) in [5, 5.41) is 4.56. The van der Waals surface area contributed by atoms with Crippen LogP contribution in [0.1, 0.15) is 31.7 Å². The van der Waals surface area contributed by atoms with Gasteiger partial charge in [-0.25, -0.2) is 0 Å². The van der Waals surface area contributed by atoms with Crippen LogP contribution in [0.25, 0.3) is 0 Å². The minimum absolute atomic E-state index is 0.353. The monoisotopic (exact) mass is 329 g/mol. The van der Waals surface area contributed by atoms with Gasteiger partial charge in [-0.05, 0) is 48.7 Å². The third-order valence-corrected chi connectivity index (χ3v) is 5.13. The summed E-state index contributed by atoms with van der Waals surface area (Å²) in [6.07, 6.45) is 1.56. The highest BCUT2D eigenvalue weighted by Gasteiger charge is 2.27. The molecule has 0 aliphatic carbocycles. The van der Waals surface area contributed by atoms with Gasteiger partial charge in [0.25, 0.3) is 0 Å². The summed E-state index contributed by atoms with van der Waals surface area (Å²) in [6.45, 7) is 10.5. The minimum atomic E-state index is 0.353. The molecule has 1 aromatic rings. The zero-order valence-electron chi connectivity index (χ0n) is 12.3. The molecule has 0 N–H and O–H groups in total. The van der Waals surface area contributed by atoms with Gasteiger partial charge in [0.05, 0.1) is 22.0 Å². The lowest BCUT2D eigenvalue weighted by Gasteiger charge is -2.36. The molecule has 2 unspecified atom stereocenters. The van der Waals surface area contributed by atoms with Gasteiger partial charge in [-0.2, -0.15) is 5.10 Å². The van der Waals surface area contributed by atoms with Crippen LogP contribution >= 0.6 is 15.9 Å². The zero-order chi connectivity index (χ0) is 14.0. The number of methoxy groups -OCH3 is 1. The van der Waals surface area contributed by atoms with Crippen molar-refractivity contribution in [3.05, 3.63) is 15.9 Å². The first-order chi connectivity index (χ1) is 9.06. The molecule has 2 heterocycles. The van der Waals surface area contributed by atoms with Crippen LogP contribution in [0, 0.1) is 12.8 Å². The van der Waals surface area contributed by atoms with E-state index in [2.05, 4.69) is 51.4 Å². The standard InChI is InChI=1S/C14H24BrN3O/c1-5-18-12(14(15)11(3)16-18)8-17-7-6-10(2)13(9-17)19-4/h10,13H,5-9H2,1-4H3. The average Bonchev–Trinajstić information content (AvgIpc) is 2.68. The lowest BCUT2D eigenvalue weighted by Crippen LogP contribution is -2.43. The Balaban J connectivity index is 2.09. The van der Waals surface area contributed by atoms with Gasteiger partial charge in [-0.1, -0.05) is 6.92 Å². The second-order valence-corrected chi connectivity index (χ2v) is 6.23. The first-order valence-corrected chi connectivity index (χ1v) is 7.83. The first kappa shape index (κ1) is 15.0. The lowest BCUT2D eigenvalue weighted by molar-refractivity contribution is -0.00820. The Bertz CT molecular complexity index is 433. The predicted octanol–water partition coefficient (Wildman–Crippen LogP) is 2.83. The van der Waals surface area contributed by atoms with Crippen LogP contribution in [-0.2, 0) is 17.8 Å². The van der Waals surface area contributed by atoms with Crippen molar-refractivity contribution in [2.24, 2.45) is 5.92 Å². The topological polar surface area (TPSA) is 30.3 Å². The molecule has 0 aromatic carbocycles. The van der Waals surface area contributed by atoms with Crippen molar-refractivity contribution in [1.82, 2.24) is 14.7 Å². The second-order valence-electron chi connectivity index (χ2n) is 5.44. The normalized spacial score (nSPS) is 24.9.